The lowest BCUT2D eigenvalue weighted by Gasteiger charge is -2.29. The van der Waals surface area contributed by atoms with Crippen LogP contribution in [0.5, 0.6) is 23.0 Å². The largest absolute Gasteiger partial charge is 0.488 e. The van der Waals surface area contributed by atoms with E-state index < -0.39 is 5.97 Å². The van der Waals surface area contributed by atoms with Gasteiger partial charge in [-0.3, -0.25) is 4.79 Å². The fourth-order valence-corrected chi connectivity index (χ4v) is 5.34. The maximum Gasteiger partial charge on any atom is 0.303 e. The highest BCUT2D eigenvalue weighted by Crippen LogP contribution is 2.31. The molecule has 1 N–H and O–H groups in total. The molecule has 0 radical (unpaired) electrons. The number of benzene rings is 4. The number of fused-ring (bicyclic) bond motifs is 1. The Morgan fingerprint density at radius 3 is 2.46 bits per heavy atom. The molecule has 1 aromatic heterocycles. The molecule has 1 aliphatic heterocycles. The molecule has 46 heavy (non-hydrogen) atoms. The van der Waals surface area contributed by atoms with Gasteiger partial charge in [0, 0.05) is 55.5 Å². The van der Waals surface area contributed by atoms with Crippen LogP contribution in [0.25, 0.3) is 11.0 Å². The summed E-state index contributed by atoms with van der Waals surface area (Å²) in [6.45, 7) is 3.72. The Labute approximate surface area is 278 Å². The van der Waals surface area contributed by atoms with Crippen LogP contribution in [0.4, 0.5) is 5.69 Å². The molecule has 1 fully saturated rings. The molecule has 0 aliphatic carbocycles. The van der Waals surface area contributed by atoms with E-state index >= 15 is 0 Å². The smallest absolute Gasteiger partial charge is 0.303 e. The van der Waals surface area contributed by atoms with E-state index in [1.54, 1.807) is 18.2 Å². The zero-order valence-electron chi connectivity index (χ0n) is 25.4. The van der Waals surface area contributed by atoms with Gasteiger partial charge in [0.1, 0.15) is 42.0 Å². The maximum absolute atomic E-state index is 11.2. The summed E-state index contributed by atoms with van der Waals surface area (Å²) < 4.78 is 26.0. The quantitative estimate of drug-likeness (QED) is 0.147. The monoisotopic (exact) mass is 663 g/mol. The minimum absolute atomic E-state index is 0. The molecule has 0 spiro atoms. The Morgan fingerprint density at radius 2 is 1.67 bits per heavy atom. The topological polar surface area (TPSA) is 95.3 Å². The van der Waals surface area contributed by atoms with Crippen LogP contribution in [-0.2, 0) is 36.2 Å². The molecule has 0 bridgehead atoms. The van der Waals surface area contributed by atoms with Crippen LogP contribution in [0.15, 0.2) is 84.9 Å². The normalized spacial score (nSPS) is 12.9. The number of ether oxygens (including phenoxy) is 4. The van der Waals surface area contributed by atoms with Gasteiger partial charge in [-0.1, -0.05) is 35.9 Å². The number of anilines is 1. The van der Waals surface area contributed by atoms with Crippen molar-refractivity contribution in [1.82, 2.24) is 9.55 Å². The van der Waals surface area contributed by atoms with Crippen LogP contribution in [0.1, 0.15) is 23.4 Å². The molecule has 4 aromatic carbocycles. The summed E-state index contributed by atoms with van der Waals surface area (Å²) in [6, 6.07) is 26.8. The van der Waals surface area contributed by atoms with Gasteiger partial charge >= 0.3 is 5.97 Å². The van der Waals surface area contributed by atoms with E-state index in [1.165, 1.54) is 0 Å². The Bertz CT molecular complexity index is 1790. The molecule has 240 valence electrons. The first kappa shape index (κ1) is 32.9. The summed E-state index contributed by atoms with van der Waals surface area (Å²) in [7, 11) is 1.95. The third-order valence-corrected chi connectivity index (χ3v) is 7.95. The van der Waals surface area contributed by atoms with Crippen molar-refractivity contribution in [3.05, 3.63) is 107 Å². The number of carboxylic acid groups (broad SMARTS) is 1. The Morgan fingerprint density at radius 1 is 0.913 bits per heavy atom. The van der Waals surface area contributed by atoms with Crippen LogP contribution in [0.3, 0.4) is 0 Å². The average Bonchev–Trinajstić information content (AvgIpc) is 3.37. The van der Waals surface area contributed by atoms with E-state index in [-0.39, 0.29) is 25.4 Å². The van der Waals surface area contributed by atoms with Crippen LogP contribution in [0.2, 0.25) is 5.02 Å². The van der Waals surface area contributed by atoms with Crippen LogP contribution < -0.4 is 19.1 Å². The zero-order valence-corrected chi connectivity index (χ0v) is 26.9. The lowest BCUT2D eigenvalue weighted by molar-refractivity contribution is -0.136. The second kappa shape index (κ2) is 15.2. The first-order valence-corrected chi connectivity index (χ1v) is 15.2. The first-order chi connectivity index (χ1) is 21.9. The van der Waals surface area contributed by atoms with E-state index in [0.717, 1.165) is 71.5 Å². The lowest BCUT2D eigenvalue weighted by Crippen LogP contribution is -2.36. The Kier molecular flexibility index (Phi) is 10.9. The molecular formula is C35H35Cl2N3O6. The van der Waals surface area contributed by atoms with Gasteiger partial charge in [0.25, 0.3) is 0 Å². The van der Waals surface area contributed by atoms with Gasteiger partial charge in [-0.15, -0.1) is 12.4 Å². The number of carbonyl (C=O) groups is 1. The number of aliphatic carboxylic acids is 1. The molecule has 0 unspecified atom stereocenters. The van der Waals surface area contributed by atoms with Gasteiger partial charge in [-0.25, -0.2) is 4.98 Å². The number of hydrogen-bond donors (Lipinski definition) is 1. The molecule has 9 nitrogen and oxygen atoms in total. The number of hydrogen-bond acceptors (Lipinski definition) is 7. The number of rotatable bonds is 12. The van der Waals surface area contributed by atoms with Crippen molar-refractivity contribution in [2.24, 2.45) is 7.05 Å². The van der Waals surface area contributed by atoms with Crippen molar-refractivity contribution in [1.29, 1.82) is 0 Å². The van der Waals surface area contributed by atoms with E-state index in [0.29, 0.717) is 29.5 Å². The number of carboxylic acids is 1. The summed E-state index contributed by atoms with van der Waals surface area (Å²) in [5.41, 5.74) is 4.62. The summed E-state index contributed by atoms with van der Waals surface area (Å²) >= 11 is 6.01. The molecular weight excluding hydrogens is 629 g/mol. The van der Waals surface area contributed by atoms with Crippen molar-refractivity contribution < 1.29 is 28.8 Å². The second-order valence-electron chi connectivity index (χ2n) is 10.8. The van der Waals surface area contributed by atoms with Gasteiger partial charge in [0.15, 0.2) is 0 Å². The third-order valence-electron chi connectivity index (χ3n) is 7.70. The van der Waals surface area contributed by atoms with E-state index in [4.69, 9.17) is 35.5 Å². The number of nitrogens with zero attached hydrogens (tertiary/aromatic N) is 3. The molecule has 0 atom stereocenters. The molecule has 0 amide bonds. The standard InChI is InChI=1S/C35H34ClN3O6.ClH/c1-38-32-20-30(45-29-4-2-3-27(19-29)39-15-17-42-18-16-39)12-13-31(32)37-34(38)23-43-28-11-7-25(8-14-35(40)41)33(21-28)44-22-24-5-9-26(36)10-6-24;/h2-7,9-13,19-21H,8,14-18,22-23H2,1H3,(H,40,41);1H. The van der Waals surface area contributed by atoms with Crippen molar-refractivity contribution in [3.8, 4) is 23.0 Å². The summed E-state index contributed by atoms with van der Waals surface area (Å²) in [6.07, 6.45) is 0.348. The van der Waals surface area contributed by atoms with E-state index in [9.17, 15) is 9.90 Å². The highest BCUT2D eigenvalue weighted by molar-refractivity contribution is 6.30. The number of imidazole rings is 1. The highest BCUT2D eigenvalue weighted by Gasteiger charge is 2.14. The average molecular weight is 665 g/mol. The molecule has 11 heteroatoms. The van der Waals surface area contributed by atoms with Crippen molar-refractivity contribution in [3.63, 3.8) is 0 Å². The molecule has 1 aliphatic rings. The SMILES string of the molecule is Cl.Cn1c(COc2ccc(CCC(=O)O)c(OCc3ccc(Cl)cc3)c2)nc2ccc(Oc3cccc(N4CCOCC4)c3)cc21. The zero-order chi connectivity index (χ0) is 31.2. The van der Waals surface area contributed by atoms with Crippen molar-refractivity contribution in [2.45, 2.75) is 26.1 Å². The highest BCUT2D eigenvalue weighted by atomic mass is 35.5. The van der Waals surface area contributed by atoms with E-state index in [2.05, 4.69) is 17.0 Å². The molecule has 1 saturated heterocycles. The molecule has 6 rings (SSSR count). The van der Waals surface area contributed by atoms with Gasteiger partial charge in [-0.05, 0) is 60.0 Å². The number of morpholine rings is 1. The second-order valence-corrected chi connectivity index (χ2v) is 11.2. The third kappa shape index (κ3) is 8.23. The van der Waals surface area contributed by atoms with Crippen molar-refractivity contribution >= 4 is 46.7 Å². The summed E-state index contributed by atoms with van der Waals surface area (Å²) in [5.74, 6) is 2.54. The minimum Gasteiger partial charge on any atom is -0.488 e. The fraction of sp³-hybridized carbons (Fsp3) is 0.257. The molecule has 2 heterocycles. The number of aryl methyl sites for hydroxylation is 2. The Balaban J connectivity index is 0.00000417. The van der Waals surface area contributed by atoms with Gasteiger partial charge < -0.3 is 33.5 Å². The van der Waals surface area contributed by atoms with Crippen LogP contribution in [0, 0.1) is 0 Å². The first-order valence-electron chi connectivity index (χ1n) is 14.8. The number of halogens is 2. The summed E-state index contributed by atoms with van der Waals surface area (Å²) in [5, 5.41) is 9.85. The fourth-order valence-electron chi connectivity index (χ4n) is 5.21. The lowest BCUT2D eigenvalue weighted by atomic mass is 10.1. The maximum atomic E-state index is 11.2. The predicted molar refractivity (Wildman–Crippen MR) is 180 cm³/mol. The minimum atomic E-state index is -0.865. The van der Waals surface area contributed by atoms with Gasteiger partial charge in [0.05, 0.1) is 24.2 Å². The molecule has 5 aromatic rings. The Hall–Kier alpha value is -4.44. The molecule has 0 saturated carbocycles. The summed E-state index contributed by atoms with van der Waals surface area (Å²) in [4.78, 5) is 18.3. The predicted octanol–water partition coefficient (Wildman–Crippen LogP) is 7.45. The van der Waals surface area contributed by atoms with Crippen molar-refractivity contribution in [2.75, 3.05) is 31.2 Å². The van der Waals surface area contributed by atoms with Crippen LogP contribution >= 0.6 is 24.0 Å². The van der Waals surface area contributed by atoms with Gasteiger partial charge in [0.2, 0.25) is 0 Å². The van der Waals surface area contributed by atoms with Crippen LogP contribution in [-0.4, -0.2) is 46.9 Å². The van der Waals surface area contributed by atoms with Gasteiger partial charge in [-0.2, -0.15) is 0 Å². The number of aromatic nitrogens is 2. The van der Waals surface area contributed by atoms with E-state index in [1.807, 2.05) is 66.2 Å².